The minimum atomic E-state index is 0.261. The minimum absolute atomic E-state index is 0.261. The van der Waals surface area contributed by atoms with Crippen molar-refractivity contribution in [2.24, 2.45) is 17.8 Å². The third kappa shape index (κ3) is 3.75. The maximum atomic E-state index is 12.7. The summed E-state index contributed by atoms with van der Waals surface area (Å²) in [5, 5.41) is 0. The zero-order valence-corrected chi connectivity index (χ0v) is 13.4. The van der Waals surface area contributed by atoms with Gasteiger partial charge in [0.25, 0.3) is 0 Å². The van der Waals surface area contributed by atoms with Gasteiger partial charge >= 0.3 is 0 Å². The van der Waals surface area contributed by atoms with E-state index >= 15 is 0 Å². The maximum absolute atomic E-state index is 12.7. The first-order valence-electron chi connectivity index (χ1n) is 8.47. The highest BCUT2D eigenvalue weighted by Crippen LogP contribution is 2.31. The Bertz CT molecular complexity index is 310. The first-order chi connectivity index (χ1) is 9.65. The fourth-order valence-electron chi connectivity index (χ4n) is 3.81. The van der Waals surface area contributed by atoms with Crippen molar-refractivity contribution in [2.75, 3.05) is 20.2 Å². The standard InChI is InChI=1S/C17H31NO2/c1-4-13(2)15-6-5-11-18(12-15)17(19)14-7-9-16(20-3)10-8-14/h13-16H,4-12H2,1-3H3. The molecule has 2 fully saturated rings. The van der Waals surface area contributed by atoms with Crippen molar-refractivity contribution in [2.45, 2.75) is 64.9 Å². The maximum Gasteiger partial charge on any atom is 0.225 e. The van der Waals surface area contributed by atoms with Crippen molar-refractivity contribution >= 4 is 5.91 Å². The summed E-state index contributed by atoms with van der Waals surface area (Å²) in [6, 6.07) is 0. The van der Waals surface area contributed by atoms with Crippen LogP contribution in [-0.2, 0) is 9.53 Å². The summed E-state index contributed by atoms with van der Waals surface area (Å²) < 4.78 is 5.40. The Balaban J connectivity index is 1.86. The summed E-state index contributed by atoms with van der Waals surface area (Å²) >= 11 is 0. The van der Waals surface area contributed by atoms with E-state index in [4.69, 9.17) is 4.74 Å². The van der Waals surface area contributed by atoms with Crippen molar-refractivity contribution < 1.29 is 9.53 Å². The van der Waals surface area contributed by atoms with E-state index in [2.05, 4.69) is 18.7 Å². The molecular formula is C17H31NO2. The average molecular weight is 281 g/mol. The smallest absolute Gasteiger partial charge is 0.225 e. The molecule has 2 aliphatic rings. The van der Waals surface area contributed by atoms with Gasteiger partial charge in [0.05, 0.1) is 6.10 Å². The van der Waals surface area contributed by atoms with Gasteiger partial charge in [-0.2, -0.15) is 0 Å². The number of hydrogen-bond donors (Lipinski definition) is 0. The normalized spacial score (nSPS) is 33.0. The highest BCUT2D eigenvalue weighted by molar-refractivity contribution is 5.79. The Hall–Kier alpha value is -0.570. The third-order valence-electron chi connectivity index (χ3n) is 5.57. The molecule has 1 aliphatic heterocycles. The van der Waals surface area contributed by atoms with E-state index in [9.17, 15) is 4.79 Å². The second-order valence-electron chi connectivity index (χ2n) is 6.78. The highest BCUT2D eigenvalue weighted by atomic mass is 16.5. The minimum Gasteiger partial charge on any atom is -0.381 e. The van der Waals surface area contributed by atoms with Crippen LogP contribution in [0, 0.1) is 17.8 Å². The van der Waals surface area contributed by atoms with Crippen LogP contribution in [-0.4, -0.2) is 37.1 Å². The van der Waals surface area contributed by atoms with Crippen molar-refractivity contribution in [3.8, 4) is 0 Å². The number of nitrogens with zero attached hydrogens (tertiary/aromatic N) is 1. The summed E-state index contributed by atoms with van der Waals surface area (Å²) in [5.74, 6) is 2.15. The van der Waals surface area contributed by atoms with Crippen molar-refractivity contribution in [3.05, 3.63) is 0 Å². The lowest BCUT2D eigenvalue weighted by Crippen LogP contribution is -2.45. The largest absolute Gasteiger partial charge is 0.381 e. The van der Waals surface area contributed by atoms with Crippen LogP contribution in [0.5, 0.6) is 0 Å². The number of likely N-dealkylation sites (tertiary alicyclic amines) is 1. The predicted octanol–water partition coefficient (Wildman–Crippen LogP) is 3.48. The lowest BCUT2D eigenvalue weighted by Gasteiger charge is -2.38. The molecule has 1 saturated carbocycles. The molecular weight excluding hydrogens is 250 g/mol. The van der Waals surface area contributed by atoms with Gasteiger partial charge in [-0.1, -0.05) is 20.3 Å². The van der Waals surface area contributed by atoms with Gasteiger partial charge < -0.3 is 9.64 Å². The summed E-state index contributed by atoms with van der Waals surface area (Å²) in [6.07, 6.45) is 8.23. The molecule has 0 aromatic carbocycles. The predicted molar refractivity (Wildman–Crippen MR) is 81.5 cm³/mol. The Morgan fingerprint density at radius 2 is 1.95 bits per heavy atom. The SMILES string of the molecule is CCC(C)C1CCCN(C(=O)C2CCC(OC)CC2)C1. The zero-order valence-electron chi connectivity index (χ0n) is 13.4. The molecule has 0 spiro atoms. The number of methoxy groups -OCH3 is 1. The molecule has 0 N–H and O–H groups in total. The van der Waals surface area contributed by atoms with Crippen LogP contribution < -0.4 is 0 Å². The number of piperidine rings is 1. The average Bonchev–Trinajstić information content (AvgIpc) is 2.53. The summed E-state index contributed by atoms with van der Waals surface area (Å²) in [7, 11) is 1.79. The van der Waals surface area contributed by atoms with E-state index < -0.39 is 0 Å². The molecule has 3 nitrogen and oxygen atoms in total. The molecule has 20 heavy (non-hydrogen) atoms. The monoisotopic (exact) mass is 281 g/mol. The van der Waals surface area contributed by atoms with Crippen LogP contribution in [0.1, 0.15) is 58.8 Å². The molecule has 1 amide bonds. The van der Waals surface area contributed by atoms with Crippen LogP contribution in [0.25, 0.3) is 0 Å². The van der Waals surface area contributed by atoms with Crippen LogP contribution in [0.2, 0.25) is 0 Å². The lowest BCUT2D eigenvalue weighted by atomic mass is 9.83. The third-order valence-corrected chi connectivity index (χ3v) is 5.57. The first-order valence-corrected chi connectivity index (χ1v) is 8.47. The fourth-order valence-corrected chi connectivity index (χ4v) is 3.81. The summed E-state index contributed by atoms with van der Waals surface area (Å²) in [5.41, 5.74) is 0. The number of amides is 1. The van der Waals surface area contributed by atoms with E-state index in [1.54, 1.807) is 7.11 Å². The number of carbonyl (C=O) groups is 1. The number of hydrogen-bond acceptors (Lipinski definition) is 2. The Morgan fingerprint density at radius 1 is 1.25 bits per heavy atom. The topological polar surface area (TPSA) is 29.5 Å². The number of ether oxygens (including phenoxy) is 1. The van der Waals surface area contributed by atoms with Gasteiger partial charge in [0.1, 0.15) is 0 Å². The Morgan fingerprint density at radius 3 is 2.55 bits per heavy atom. The van der Waals surface area contributed by atoms with E-state index in [-0.39, 0.29) is 5.92 Å². The molecule has 2 atom stereocenters. The summed E-state index contributed by atoms with van der Waals surface area (Å²) in [4.78, 5) is 14.9. The van der Waals surface area contributed by atoms with Crippen molar-refractivity contribution in [1.82, 2.24) is 4.90 Å². The van der Waals surface area contributed by atoms with Crippen LogP contribution >= 0.6 is 0 Å². The zero-order chi connectivity index (χ0) is 14.5. The molecule has 116 valence electrons. The first kappa shape index (κ1) is 15.8. The molecule has 1 saturated heterocycles. The van der Waals surface area contributed by atoms with E-state index in [0.29, 0.717) is 17.9 Å². The van der Waals surface area contributed by atoms with Gasteiger partial charge in [-0.15, -0.1) is 0 Å². The fraction of sp³-hybridized carbons (Fsp3) is 0.941. The summed E-state index contributed by atoms with van der Waals surface area (Å²) in [6.45, 7) is 6.58. The van der Waals surface area contributed by atoms with Gasteiger partial charge in [-0.25, -0.2) is 0 Å². The highest BCUT2D eigenvalue weighted by Gasteiger charge is 2.32. The lowest BCUT2D eigenvalue weighted by molar-refractivity contribution is -0.139. The van der Waals surface area contributed by atoms with Gasteiger partial charge in [-0.3, -0.25) is 4.79 Å². The van der Waals surface area contributed by atoms with Crippen molar-refractivity contribution in [3.63, 3.8) is 0 Å². The second-order valence-corrected chi connectivity index (χ2v) is 6.78. The van der Waals surface area contributed by atoms with E-state index in [1.807, 2.05) is 0 Å². The number of rotatable bonds is 4. The molecule has 2 unspecified atom stereocenters. The van der Waals surface area contributed by atoms with Crippen LogP contribution in [0.15, 0.2) is 0 Å². The quantitative estimate of drug-likeness (QED) is 0.789. The Kier molecular flexibility index (Phi) is 5.88. The van der Waals surface area contributed by atoms with Gasteiger partial charge in [0, 0.05) is 26.1 Å². The molecule has 3 heteroatoms. The van der Waals surface area contributed by atoms with E-state index in [0.717, 1.165) is 44.7 Å². The molecule has 0 aromatic heterocycles. The van der Waals surface area contributed by atoms with E-state index in [1.165, 1.54) is 19.3 Å². The second kappa shape index (κ2) is 7.44. The van der Waals surface area contributed by atoms with Gasteiger partial charge in [0.2, 0.25) is 5.91 Å². The molecule has 2 rings (SSSR count). The van der Waals surface area contributed by atoms with Gasteiger partial charge in [-0.05, 0) is 50.4 Å². The Labute approximate surface area is 124 Å². The molecule has 0 radical (unpaired) electrons. The molecule has 0 aromatic rings. The van der Waals surface area contributed by atoms with Crippen LogP contribution in [0.3, 0.4) is 0 Å². The molecule has 1 aliphatic carbocycles. The molecule has 0 bridgehead atoms. The number of carbonyl (C=O) groups excluding carboxylic acids is 1. The van der Waals surface area contributed by atoms with Gasteiger partial charge in [0.15, 0.2) is 0 Å². The van der Waals surface area contributed by atoms with Crippen molar-refractivity contribution in [1.29, 1.82) is 0 Å². The molecule has 1 heterocycles. The van der Waals surface area contributed by atoms with Crippen LogP contribution in [0.4, 0.5) is 0 Å².